The Morgan fingerprint density at radius 1 is 1.22 bits per heavy atom. The van der Waals surface area contributed by atoms with Crippen LogP contribution in [0.2, 0.25) is 0 Å². The summed E-state index contributed by atoms with van der Waals surface area (Å²) in [5.41, 5.74) is 0.264. The fourth-order valence-electron chi connectivity index (χ4n) is 3.55. The first kappa shape index (κ1) is 12.9. The van der Waals surface area contributed by atoms with Crippen LogP contribution in [-0.2, 0) is 4.74 Å². The monoisotopic (exact) mass is 252 g/mol. The molecule has 18 heavy (non-hydrogen) atoms. The van der Waals surface area contributed by atoms with Crippen molar-refractivity contribution in [2.45, 2.75) is 63.6 Å². The zero-order chi connectivity index (χ0) is 12.6. The molecule has 0 radical (unpaired) electrons. The molecular formula is C15H28N2O. The first-order valence-electron chi connectivity index (χ1n) is 7.75. The Bertz CT molecular complexity index is 282. The second kappa shape index (κ2) is 5.10. The van der Waals surface area contributed by atoms with Gasteiger partial charge >= 0.3 is 0 Å². The summed E-state index contributed by atoms with van der Waals surface area (Å²) in [6, 6.07) is 0.767. The van der Waals surface area contributed by atoms with Crippen LogP contribution in [0.15, 0.2) is 0 Å². The third-order valence-corrected chi connectivity index (χ3v) is 4.74. The van der Waals surface area contributed by atoms with E-state index in [0.717, 1.165) is 25.1 Å². The summed E-state index contributed by atoms with van der Waals surface area (Å²) in [4.78, 5) is 2.73. The molecule has 3 rings (SSSR count). The lowest BCUT2D eigenvalue weighted by Crippen LogP contribution is -2.63. The molecule has 0 bridgehead atoms. The van der Waals surface area contributed by atoms with Crippen molar-refractivity contribution in [2.24, 2.45) is 5.92 Å². The maximum Gasteiger partial charge on any atom is 0.0702 e. The smallest absolute Gasteiger partial charge is 0.0702 e. The Kier molecular flexibility index (Phi) is 3.65. The Morgan fingerprint density at radius 3 is 2.72 bits per heavy atom. The van der Waals surface area contributed by atoms with Gasteiger partial charge in [0.05, 0.1) is 6.10 Å². The van der Waals surface area contributed by atoms with Crippen LogP contribution in [0.3, 0.4) is 0 Å². The number of piperazine rings is 1. The van der Waals surface area contributed by atoms with Crippen LogP contribution in [0.4, 0.5) is 0 Å². The van der Waals surface area contributed by atoms with Crippen LogP contribution in [0, 0.1) is 5.92 Å². The minimum absolute atomic E-state index is 0.264. The van der Waals surface area contributed by atoms with E-state index in [-0.39, 0.29) is 5.54 Å². The summed E-state index contributed by atoms with van der Waals surface area (Å²) in [6.45, 7) is 9.13. The van der Waals surface area contributed by atoms with Gasteiger partial charge < -0.3 is 10.1 Å². The Balaban J connectivity index is 1.61. The lowest BCUT2D eigenvalue weighted by Gasteiger charge is -2.46. The second-order valence-corrected chi connectivity index (χ2v) is 7.09. The average Bonchev–Trinajstić information content (AvgIpc) is 3.13. The van der Waals surface area contributed by atoms with E-state index >= 15 is 0 Å². The highest BCUT2D eigenvalue weighted by Gasteiger charge is 2.41. The Labute approximate surface area is 111 Å². The molecule has 2 aliphatic heterocycles. The number of hydrogen-bond acceptors (Lipinski definition) is 3. The Hall–Kier alpha value is -0.120. The largest absolute Gasteiger partial charge is 0.377 e. The van der Waals surface area contributed by atoms with E-state index in [2.05, 4.69) is 24.1 Å². The SMILES string of the molecule is CC1(C)CN(CC2CCCCO2)C(C2CC2)CN1. The topological polar surface area (TPSA) is 24.5 Å². The molecular weight excluding hydrogens is 224 g/mol. The van der Waals surface area contributed by atoms with Crippen LogP contribution in [0.5, 0.6) is 0 Å². The molecule has 2 heterocycles. The van der Waals surface area contributed by atoms with Crippen molar-refractivity contribution in [2.75, 3.05) is 26.2 Å². The second-order valence-electron chi connectivity index (χ2n) is 7.09. The van der Waals surface area contributed by atoms with Crippen LogP contribution in [-0.4, -0.2) is 48.8 Å². The van der Waals surface area contributed by atoms with Gasteiger partial charge in [-0.3, -0.25) is 4.90 Å². The van der Waals surface area contributed by atoms with E-state index in [9.17, 15) is 0 Å². The van der Waals surface area contributed by atoms with Crippen molar-refractivity contribution in [1.29, 1.82) is 0 Å². The zero-order valence-electron chi connectivity index (χ0n) is 12.0. The average molecular weight is 252 g/mol. The lowest BCUT2D eigenvalue weighted by molar-refractivity contribution is -0.0297. The summed E-state index contributed by atoms with van der Waals surface area (Å²) in [5.74, 6) is 0.956. The van der Waals surface area contributed by atoms with Gasteiger partial charge in [0.2, 0.25) is 0 Å². The first-order chi connectivity index (χ1) is 8.64. The number of hydrogen-bond donors (Lipinski definition) is 1. The molecule has 1 aliphatic carbocycles. The standard InChI is InChI=1S/C15H28N2O/c1-15(2)11-17(10-13-5-3-4-8-18-13)14(9-16-15)12-6-7-12/h12-14,16H,3-11H2,1-2H3. The van der Waals surface area contributed by atoms with Crippen molar-refractivity contribution in [1.82, 2.24) is 10.2 Å². The van der Waals surface area contributed by atoms with E-state index in [1.165, 1.54) is 45.2 Å². The van der Waals surface area contributed by atoms with Crippen LogP contribution in [0.1, 0.15) is 46.0 Å². The molecule has 3 aliphatic rings. The summed E-state index contributed by atoms with van der Waals surface area (Å²) in [7, 11) is 0. The maximum absolute atomic E-state index is 5.94. The van der Waals surface area contributed by atoms with Crippen molar-refractivity contribution >= 4 is 0 Å². The molecule has 0 aromatic rings. The molecule has 2 saturated heterocycles. The fourth-order valence-corrected chi connectivity index (χ4v) is 3.55. The van der Waals surface area contributed by atoms with E-state index in [4.69, 9.17) is 4.74 Å². The molecule has 2 unspecified atom stereocenters. The molecule has 2 atom stereocenters. The molecule has 1 N–H and O–H groups in total. The summed E-state index contributed by atoms with van der Waals surface area (Å²) < 4.78 is 5.94. The van der Waals surface area contributed by atoms with Gasteiger partial charge in [0, 0.05) is 37.8 Å². The number of nitrogens with zero attached hydrogens (tertiary/aromatic N) is 1. The Morgan fingerprint density at radius 2 is 2.06 bits per heavy atom. The highest BCUT2D eigenvalue weighted by atomic mass is 16.5. The van der Waals surface area contributed by atoms with E-state index in [0.29, 0.717) is 6.10 Å². The minimum Gasteiger partial charge on any atom is -0.377 e. The predicted octanol–water partition coefficient (Wildman–Crippen LogP) is 2.02. The highest BCUT2D eigenvalue weighted by Crippen LogP contribution is 2.37. The molecule has 0 aromatic carbocycles. The predicted molar refractivity (Wildman–Crippen MR) is 73.8 cm³/mol. The van der Waals surface area contributed by atoms with Crippen molar-refractivity contribution in [3.63, 3.8) is 0 Å². The number of nitrogens with one attached hydrogen (secondary N) is 1. The molecule has 0 spiro atoms. The number of rotatable bonds is 3. The van der Waals surface area contributed by atoms with E-state index in [1.54, 1.807) is 0 Å². The first-order valence-corrected chi connectivity index (χ1v) is 7.75. The van der Waals surface area contributed by atoms with Gasteiger partial charge in [0.15, 0.2) is 0 Å². The van der Waals surface area contributed by atoms with Gasteiger partial charge in [-0.05, 0) is 51.9 Å². The van der Waals surface area contributed by atoms with E-state index < -0.39 is 0 Å². The maximum atomic E-state index is 5.94. The van der Waals surface area contributed by atoms with Crippen LogP contribution in [0.25, 0.3) is 0 Å². The van der Waals surface area contributed by atoms with Gasteiger partial charge in [-0.1, -0.05) is 0 Å². The van der Waals surface area contributed by atoms with Gasteiger partial charge in [0.1, 0.15) is 0 Å². The molecule has 0 aromatic heterocycles. The van der Waals surface area contributed by atoms with Crippen LogP contribution < -0.4 is 5.32 Å². The van der Waals surface area contributed by atoms with E-state index in [1.807, 2.05) is 0 Å². The summed E-state index contributed by atoms with van der Waals surface area (Å²) in [6.07, 6.45) is 7.25. The molecule has 1 saturated carbocycles. The minimum atomic E-state index is 0.264. The fraction of sp³-hybridized carbons (Fsp3) is 1.00. The molecule has 3 fully saturated rings. The third kappa shape index (κ3) is 3.06. The van der Waals surface area contributed by atoms with Gasteiger partial charge in [-0.2, -0.15) is 0 Å². The lowest BCUT2D eigenvalue weighted by atomic mass is 9.95. The van der Waals surface area contributed by atoms with Gasteiger partial charge in [-0.15, -0.1) is 0 Å². The third-order valence-electron chi connectivity index (χ3n) is 4.74. The van der Waals surface area contributed by atoms with Gasteiger partial charge in [0.25, 0.3) is 0 Å². The molecule has 0 amide bonds. The molecule has 3 nitrogen and oxygen atoms in total. The quantitative estimate of drug-likeness (QED) is 0.831. The molecule has 104 valence electrons. The van der Waals surface area contributed by atoms with Crippen molar-refractivity contribution in [3.8, 4) is 0 Å². The van der Waals surface area contributed by atoms with Crippen molar-refractivity contribution < 1.29 is 4.74 Å². The van der Waals surface area contributed by atoms with Crippen LogP contribution >= 0.6 is 0 Å². The number of ether oxygens (including phenoxy) is 1. The van der Waals surface area contributed by atoms with Gasteiger partial charge in [-0.25, -0.2) is 0 Å². The normalized spacial score (nSPS) is 37.7. The zero-order valence-corrected chi connectivity index (χ0v) is 12.0. The van der Waals surface area contributed by atoms with Crippen molar-refractivity contribution in [3.05, 3.63) is 0 Å². The highest BCUT2D eigenvalue weighted by molar-refractivity contribution is 4.99. The summed E-state index contributed by atoms with van der Waals surface area (Å²) >= 11 is 0. The summed E-state index contributed by atoms with van der Waals surface area (Å²) in [5, 5.41) is 3.71. The molecule has 3 heteroatoms.